The minimum absolute atomic E-state index is 0.123. The van der Waals surface area contributed by atoms with Crippen molar-refractivity contribution in [1.29, 1.82) is 0 Å². The van der Waals surface area contributed by atoms with E-state index in [2.05, 4.69) is 0 Å². The third-order valence-electron chi connectivity index (χ3n) is 2.57. The largest absolute Gasteiger partial charge is 0.496 e. The van der Waals surface area contributed by atoms with Crippen LogP contribution in [0.15, 0.2) is 48.0 Å². The molecule has 0 heterocycles. The predicted octanol–water partition coefficient (Wildman–Crippen LogP) is 4.21. The van der Waals surface area contributed by atoms with Crippen LogP contribution in [0.25, 0.3) is 5.57 Å². The highest BCUT2D eigenvalue weighted by molar-refractivity contribution is 6.29. The molecule has 0 spiro atoms. The molecule has 0 bridgehead atoms. The van der Waals surface area contributed by atoms with Gasteiger partial charge in [0, 0.05) is 6.08 Å². The number of hydrogen-bond acceptors (Lipinski definition) is 1. The van der Waals surface area contributed by atoms with E-state index in [9.17, 15) is 8.78 Å². The molecule has 0 aliphatic heterocycles. The van der Waals surface area contributed by atoms with Gasteiger partial charge < -0.3 is 4.74 Å². The fourth-order valence-corrected chi connectivity index (χ4v) is 2.20. The molecule has 1 aliphatic carbocycles. The van der Waals surface area contributed by atoms with Gasteiger partial charge in [-0.05, 0) is 5.56 Å². The van der Waals surface area contributed by atoms with E-state index < -0.39 is 17.4 Å². The summed E-state index contributed by atoms with van der Waals surface area (Å²) in [5.74, 6) is -0.503. The second-order valence-corrected chi connectivity index (χ2v) is 4.38. The molecule has 0 aromatic heterocycles. The molecule has 0 saturated heterocycles. The zero-order valence-corrected chi connectivity index (χ0v) is 9.97. The summed E-state index contributed by atoms with van der Waals surface area (Å²) < 4.78 is 32.5. The lowest BCUT2D eigenvalue weighted by atomic mass is 9.93. The smallest absolute Gasteiger partial charge is 0.219 e. The van der Waals surface area contributed by atoms with E-state index in [0.29, 0.717) is 5.56 Å². The van der Waals surface area contributed by atoms with E-state index in [1.54, 1.807) is 24.3 Å². The monoisotopic (exact) mass is 256 g/mol. The van der Waals surface area contributed by atoms with Gasteiger partial charge in [-0.15, -0.1) is 0 Å². The maximum absolute atomic E-state index is 14.3. The molecule has 0 N–H and O–H groups in total. The minimum Gasteiger partial charge on any atom is -0.496 e. The van der Waals surface area contributed by atoms with Gasteiger partial charge in [0.15, 0.2) is 0 Å². The van der Waals surface area contributed by atoms with Gasteiger partial charge in [0.05, 0.1) is 19.1 Å². The summed E-state index contributed by atoms with van der Waals surface area (Å²) in [7, 11) is 1.36. The van der Waals surface area contributed by atoms with E-state index in [0.717, 1.165) is 0 Å². The van der Waals surface area contributed by atoms with Crippen molar-refractivity contribution < 1.29 is 13.5 Å². The van der Waals surface area contributed by atoms with E-state index >= 15 is 0 Å². The molecule has 90 valence electrons. The second-order valence-electron chi connectivity index (χ2n) is 3.78. The van der Waals surface area contributed by atoms with Gasteiger partial charge in [0.2, 0.25) is 5.13 Å². The average molecular weight is 257 g/mol. The number of benzene rings is 1. The number of hydrogen-bond donors (Lipinski definition) is 0. The van der Waals surface area contributed by atoms with Gasteiger partial charge in [0.1, 0.15) is 11.6 Å². The van der Waals surface area contributed by atoms with Crippen molar-refractivity contribution in [2.24, 2.45) is 0 Å². The molecule has 0 radical (unpaired) electrons. The van der Waals surface area contributed by atoms with Crippen LogP contribution >= 0.6 is 11.6 Å². The summed E-state index contributed by atoms with van der Waals surface area (Å²) in [6, 6.07) is 8.75. The fraction of sp³-hybridized carbons (Fsp3) is 0.231. The summed E-state index contributed by atoms with van der Waals surface area (Å²) in [4.78, 5) is 0. The molecule has 1 aromatic rings. The first-order chi connectivity index (χ1) is 8.04. The molecule has 1 nitrogen and oxygen atoms in total. The van der Waals surface area contributed by atoms with Crippen LogP contribution in [0.4, 0.5) is 8.78 Å². The van der Waals surface area contributed by atoms with E-state index in [-0.39, 0.29) is 11.3 Å². The first kappa shape index (κ1) is 12.1. The van der Waals surface area contributed by atoms with Crippen molar-refractivity contribution in [1.82, 2.24) is 0 Å². The number of allylic oxidation sites excluding steroid dienone is 3. The molecule has 1 atom stereocenters. The maximum Gasteiger partial charge on any atom is 0.219 e. The summed E-state index contributed by atoms with van der Waals surface area (Å²) >= 11 is 5.76. The van der Waals surface area contributed by atoms with E-state index in [4.69, 9.17) is 16.3 Å². The molecule has 2 rings (SSSR count). The van der Waals surface area contributed by atoms with E-state index in [1.807, 2.05) is 6.07 Å². The molecule has 4 heteroatoms. The SMILES string of the molecule is COC1=C(c2ccccc2)C(F)(Cl)CC(F)=C1. The fourth-order valence-electron chi connectivity index (χ4n) is 1.87. The Hall–Kier alpha value is -1.35. The van der Waals surface area contributed by atoms with Crippen LogP contribution in [0.1, 0.15) is 12.0 Å². The summed E-state index contributed by atoms with van der Waals surface area (Å²) in [5.41, 5.74) is 0.759. The van der Waals surface area contributed by atoms with Crippen LogP contribution in [0.3, 0.4) is 0 Å². The van der Waals surface area contributed by atoms with Gasteiger partial charge in [-0.3, -0.25) is 0 Å². The summed E-state index contributed by atoms with van der Waals surface area (Å²) in [5, 5.41) is -2.27. The standard InChI is InChI=1S/C13H11ClF2O/c1-17-11-7-10(15)8-13(14,16)12(11)9-5-3-2-4-6-9/h2-7H,8H2,1H3. The molecule has 0 amide bonds. The molecular weight excluding hydrogens is 246 g/mol. The lowest BCUT2D eigenvalue weighted by molar-refractivity contribution is 0.275. The molecule has 1 aliphatic rings. The highest BCUT2D eigenvalue weighted by Gasteiger charge is 2.39. The Labute approximate surface area is 103 Å². The van der Waals surface area contributed by atoms with Crippen molar-refractivity contribution in [3.8, 4) is 0 Å². The quantitative estimate of drug-likeness (QED) is 0.721. The lowest BCUT2D eigenvalue weighted by Gasteiger charge is -2.26. The Kier molecular flexibility index (Phi) is 3.20. The van der Waals surface area contributed by atoms with Crippen molar-refractivity contribution in [2.75, 3.05) is 7.11 Å². The second kappa shape index (κ2) is 4.49. The topological polar surface area (TPSA) is 9.23 Å². The Morgan fingerprint density at radius 2 is 1.94 bits per heavy atom. The van der Waals surface area contributed by atoms with Crippen molar-refractivity contribution in [3.05, 3.63) is 53.6 Å². The highest BCUT2D eigenvalue weighted by Crippen LogP contribution is 2.45. The molecule has 0 saturated carbocycles. The third-order valence-corrected chi connectivity index (χ3v) is 2.90. The zero-order chi connectivity index (χ0) is 12.5. The Morgan fingerprint density at radius 3 is 2.53 bits per heavy atom. The van der Waals surface area contributed by atoms with E-state index in [1.165, 1.54) is 13.2 Å². The minimum atomic E-state index is -2.27. The lowest BCUT2D eigenvalue weighted by Crippen LogP contribution is -2.22. The number of alkyl halides is 2. The van der Waals surface area contributed by atoms with Gasteiger partial charge in [0.25, 0.3) is 0 Å². The van der Waals surface area contributed by atoms with Crippen molar-refractivity contribution >= 4 is 17.2 Å². The number of methoxy groups -OCH3 is 1. The molecular formula is C13H11ClF2O. The summed E-state index contributed by atoms with van der Waals surface area (Å²) in [6.45, 7) is 0. The third kappa shape index (κ3) is 2.34. The Balaban J connectivity index is 2.60. The number of halogens is 3. The van der Waals surface area contributed by atoms with Crippen LogP contribution < -0.4 is 0 Å². The Morgan fingerprint density at radius 1 is 1.29 bits per heavy atom. The van der Waals surface area contributed by atoms with Crippen LogP contribution in [0.5, 0.6) is 0 Å². The molecule has 1 unspecified atom stereocenters. The molecule has 0 fully saturated rings. The van der Waals surface area contributed by atoms with Crippen LogP contribution in [-0.4, -0.2) is 12.2 Å². The average Bonchev–Trinajstić information content (AvgIpc) is 2.27. The zero-order valence-electron chi connectivity index (χ0n) is 9.21. The normalized spacial score (nSPS) is 24.6. The summed E-state index contributed by atoms with van der Waals surface area (Å²) in [6.07, 6.45) is 0.689. The van der Waals surface area contributed by atoms with Crippen molar-refractivity contribution in [2.45, 2.75) is 11.5 Å². The Bertz CT molecular complexity index is 477. The van der Waals surface area contributed by atoms with Crippen LogP contribution in [0.2, 0.25) is 0 Å². The molecule has 1 aromatic carbocycles. The van der Waals surface area contributed by atoms with Crippen LogP contribution in [0, 0.1) is 0 Å². The highest BCUT2D eigenvalue weighted by atomic mass is 35.5. The van der Waals surface area contributed by atoms with Gasteiger partial charge >= 0.3 is 0 Å². The van der Waals surface area contributed by atoms with Crippen LogP contribution in [-0.2, 0) is 4.74 Å². The maximum atomic E-state index is 14.3. The van der Waals surface area contributed by atoms with Gasteiger partial charge in [-0.25, -0.2) is 8.78 Å². The van der Waals surface area contributed by atoms with Gasteiger partial charge in [-0.1, -0.05) is 41.9 Å². The van der Waals surface area contributed by atoms with Gasteiger partial charge in [-0.2, -0.15) is 0 Å². The van der Waals surface area contributed by atoms with Crippen molar-refractivity contribution in [3.63, 3.8) is 0 Å². The predicted molar refractivity (Wildman–Crippen MR) is 63.9 cm³/mol. The first-order valence-electron chi connectivity index (χ1n) is 5.12. The molecule has 17 heavy (non-hydrogen) atoms. The number of rotatable bonds is 2. The number of ether oxygens (including phenoxy) is 1. The first-order valence-corrected chi connectivity index (χ1v) is 5.50.